The maximum atomic E-state index is 14.1. The van der Waals surface area contributed by atoms with Crippen LogP contribution in [0.5, 0.6) is 0 Å². The molecule has 0 bridgehead atoms. The molecule has 0 saturated carbocycles. The molecule has 2 aromatic carbocycles. The zero-order valence-electron chi connectivity index (χ0n) is 21.0. The van der Waals surface area contributed by atoms with E-state index in [1.165, 1.54) is 11.6 Å². The Labute approximate surface area is 207 Å². The summed E-state index contributed by atoms with van der Waals surface area (Å²) >= 11 is 0. The highest BCUT2D eigenvalue weighted by Crippen LogP contribution is 2.28. The maximum absolute atomic E-state index is 14.1. The van der Waals surface area contributed by atoms with Crippen molar-refractivity contribution in [2.75, 3.05) is 37.6 Å². The van der Waals surface area contributed by atoms with Gasteiger partial charge in [-0.2, -0.15) is 5.10 Å². The molecular formula is C28H36FN5O. The average Bonchev–Trinajstić information content (AvgIpc) is 2.86. The topological polar surface area (TPSA) is 67.4 Å². The smallest absolute Gasteiger partial charge is 0.290 e. The van der Waals surface area contributed by atoms with E-state index in [2.05, 4.69) is 47.9 Å². The van der Waals surface area contributed by atoms with E-state index < -0.39 is 0 Å². The quantitative estimate of drug-likeness (QED) is 0.534. The number of anilines is 1. The molecule has 1 saturated heterocycles. The summed E-state index contributed by atoms with van der Waals surface area (Å²) in [5, 5.41) is 4.72. The molecule has 0 unspecified atom stereocenters. The molecule has 3 aromatic rings. The standard InChI is InChI=1S/C28H36FN5O/c1-20(2)19-34-28(35)27(21(3)26(31-34)23-9-10-25(29)24(17-23)18-30)33-15-13-32(14-16-33)12-11-22-7-5-4-6-8-22/h4-10,17,20H,11-16,18-19,30H2,1-3H3. The highest BCUT2D eigenvalue weighted by molar-refractivity contribution is 5.70. The van der Waals surface area contributed by atoms with E-state index in [1.807, 2.05) is 13.0 Å². The number of hydrogen-bond donors (Lipinski definition) is 1. The first-order valence-corrected chi connectivity index (χ1v) is 12.5. The first-order chi connectivity index (χ1) is 16.9. The van der Waals surface area contributed by atoms with E-state index in [1.54, 1.807) is 16.8 Å². The number of aromatic nitrogens is 2. The van der Waals surface area contributed by atoms with Gasteiger partial charge in [-0.15, -0.1) is 0 Å². The molecule has 0 spiro atoms. The molecule has 1 aliphatic heterocycles. The van der Waals surface area contributed by atoms with Gasteiger partial charge in [0.05, 0.1) is 5.69 Å². The molecule has 35 heavy (non-hydrogen) atoms. The van der Waals surface area contributed by atoms with Gasteiger partial charge in [-0.1, -0.05) is 44.2 Å². The molecule has 2 heterocycles. The largest absolute Gasteiger partial charge is 0.364 e. The van der Waals surface area contributed by atoms with Crippen LogP contribution in [0.2, 0.25) is 0 Å². The molecule has 1 fully saturated rings. The molecule has 0 aliphatic carbocycles. The average molecular weight is 478 g/mol. The van der Waals surface area contributed by atoms with Gasteiger partial charge in [-0.05, 0) is 43.0 Å². The van der Waals surface area contributed by atoms with Crippen molar-refractivity contribution in [3.63, 3.8) is 0 Å². The van der Waals surface area contributed by atoms with Gasteiger partial charge in [-0.3, -0.25) is 9.69 Å². The number of hydrogen-bond acceptors (Lipinski definition) is 5. The minimum Gasteiger partial charge on any atom is -0.364 e. The Hall–Kier alpha value is -3.03. The molecule has 2 N–H and O–H groups in total. The Morgan fingerprint density at radius 3 is 2.43 bits per heavy atom. The van der Waals surface area contributed by atoms with Crippen molar-refractivity contribution >= 4 is 5.69 Å². The van der Waals surface area contributed by atoms with Crippen LogP contribution in [-0.2, 0) is 19.5 Å². The molecule has 1 aliphatic rings. The second kappa shape index (κ2) is 11.1. The maximum Gasteiger partial charge on any atom is 0.290 e. The third-order valence-electron chi connectivity index (χ3n) is 6.69. The second-order valence-electron chi connectivity index (χ2n) is 9.78. The highest BCUT2D eigenvalue weighted by atomic mass is 19.1. The second-order valence-corrected chi connectivity index (χ2v) is 9.78. The zero-order chi connectivity index (χ0) is 24.9. The SMILES string of the molecule is Cc1c(-c2ccc(F)c(CN)c2)nn(CC(C)C)c(=O)c1N1CCN(CCc2ccccc2)CC1. The summed E-state index contributed by atoms with van der Waals surface area (Å²) in [4.78, 5) is 18.2. The molecule has 0 amide bonds. The number of halogens is 1. The lowest BCUT2D eigenvalue weighted by molar-refractivity contribution is 0.260. The number of nitrogens with zero attached hydrogens (tertiary/aromatic N) is 4. The minimum absolute atomic E-state index is 0.0566. The van der Waals surface area contributed by atoms with Gasteiger partial charge < -0.3 is 10.6 Å². The fourth-order valence-corrected chi connectivity index (χ4v) is 4.76. The summed E-state index contributed by atoms with van der Waals surface area (Å²) < 4.78 is 15.7. The van der Waals surface area contributed by atoms with Crippen LogP contribution >= 0.6 is 0 Å². The minimum atomic E-state index is -0.323. The van der Waals surface area contributed by atoms with Gasteiger partial charge in [0.1, 0.15) is 11.5 Å². The molecule has 0 atom stereocenters. The fourth-order valence-electron chi connectivity index (χ4n) is 4.76. The zero-order valence-corrected chi connectivity index (χ0v) is 21.0. The lowest BCUT2D eigenvalue weighted by Gasteiger charge is -2.36. The van der Waals surface area contributed by atoms with Gasteiger partial charge in [0.15, 0.2) is 0 Å². The third-order valence-corrected chi connectivity index (χ3v) is 6.69. The number of nitrogens with two attached hydrogens (primary N) is 1. The van der Waals surface area contributed by atoms with Gasteiger partial charge in [0.25, 0.3) is 5.56 Å². The van der Waals surface area contributed by atoms with Gasteiger partial charge in [0, 0.05) is 62.5 Å². The Morgan fingerprint density at radius 1 is 1.06 bits per heavy atom. The molecule has 4 rings (SSSR count). The normalized spacial score (nSPS) is 14.6. The van der Waals surface area contributed by atoms with Crippen LogP contribution in [0.15, 0.2) is 53.3 Å². The fraction of sp³-hybridized carbons (Fsp3) is 0.429. The van der Waals surface area contributed by atoms with Crippen LogP contribution in [0, 0.1) is 18.7 Å². The van der Waals surface area contributed by atoms with Crippen LogP contribution in [0.25, 0.3) is 11.3 Å². The molecule has 1 aromatic heterocycles. The van der Waals surface area contributed by atoms with Gasteiger partial charge in [-0.25, -0.2) is 9.07 Å². The molecule has 6 nitrogen and oxygen atoms in total. The van der Waals surface area contributed by atoms with Crippen molar-refractivity contribution in [1.29, 1.82) is 0 Å². The van der Waals surface area contributed by atoms with Crippen molar-refractivity contribution < 1.29 is 4.39 Å². The molecule has 7 heteroatoms. The van der Waals surface area contributed by atoms with Crippen molar-refractivity contribution in [2.45, 2.75) is 40.3 Å². The number of piperazine rings is 1. The summed E-state index contributed by atoms with van der Waals surface area (Å²) in [6.07, 6.45) is 1.02. The lowest BCUT2D eigenvalue weighted by atomic mass is 10.0. The number of rotatable bonds is 8. The van der Waals surface area contributed by atoms with Gasteiger partial charge >= 0.3 is 0 Å². The van der Waals surface area contributed by atoms with Crippen LogP contribution in [0.4, 0.5) is 10.1 Å². The Bertz CT molecular complexity index is 1200. The first-order valence-electron chi connectivity index (χ1n) is 12.5. The molecular weight excluding hydrogens is 441 g/mol. The van der Waals surface area contributed by atoms with E-state index >= 15 is 0 Å². The van der Waals surface area contributed by atoms with Crippen LogP contribution in [-0.4, -0.2) is 47.4 Å². The van der Waals surface area contributed by atoms with Crippen molar-refractivity contribution in [1.82, 2.24) is 14.7 Å². The number of benzene rings is 2. The van der Waals surface area contributed by atoms with Crippen LogP contribution in [0.1, 0.15) is 30.5 Å². The predicted octanol–water partition coefficient (Wildman–Crippen LogP) is 3.84. The Kier molecular flexibility index (Phi) is 7.98. The van der Waals surface area contributed by atoms with E-state index in [0.717, 1.165) is 50.3 Å². The van der Waals surface area contributed by atoms with Crippen LogP contribution in [0.3, 0.4) is 0 Å². The van der Waals surface area contributed by atoms with Crippen molar-refractivity contribution in [2.24, 2.45) is 11.7 Å². The van der Waals surface area contributed by atoms with E-state index in [4.69, 9.17) is 10.8 Å². The highest BCUT2D eigenvalue weighted by Gasteiger charge is 2.25. The summed E-state index contributed by atoms with van der Waals surface area (Å²) in [6.45, 7) is 11.1. The van der Waals surface area contributed by atoms with E-state index in [0.29, 0.717) is 23.5 Å². The summed E-state index contributed by atoms with van der Waals surface area (Å²) in [5.74, 6) is -0.0532. The third kappa shape index (κ3) is 5.80. The Morgan fingerprint density at radius 2 is 1.77 bits per heavy atom. The first kappa shape index (κ1) is 25.1. The van der Waals surface area contributed by atoms with Gasteiger partial charge in [0.2, 0.25) is 0 Å². The predicted molar refractivity (Wildman–Crippen MR) is 140 cm³/mol. The molecule has 186 valence electrons. The summed E-state index contributed by atoms with van der Waals surface area (Å²) in [7, 11) is 0. The summed E-state index contributed by atoms with van der Waals surface area (Å²) in [6, 6.07) is 15.4. The van der Waals surface area contributed by atoms with Crippen molar-refractivity contribution in [3.05, 3.63) is 81.4 Å². The van der Waals surface area contributed by atoms with Crippen molar-refractivity contribution in [3.8, 4) is 11.3 Å². The van der Waals surface area contributed by atoms with Crippen LogP contribution < -0.4 is 16.2 Å². The Balaban J connectivity index is 1.60. The summed E-state index contributed by atoms with van der Waals surface area (Å²) in [5.41, 5.74) is 10.5. The lowest BCUT2D eigenvalue weighted by Crippen LogP contribution is -2.49. The monoisotopic (exact) mass is 477 g/mol. The van der Waals surface area contributed by atoms with E-state index in [9.17, 15) is 9.18 Å². The van der Waals surface area contributed by atoms with E-state index in [-0.39, 0.29) is 23.8 Å². The molecule has 0 radical (unpaired) electrons.